The summed E-state index contributed by atoms with van der Waals surface area (Å²) in [6.07, 6.45) is -0.704. The standard InChI is InChI=1S/C20H23NO4/c22-20(25-14-17-9-5-2-6-10-17)19(18-15-23-12-11-21-18)24-13-16-7-3-1-4-8-16/h1-10,18-19,21H,11-15H2. The van der Waals surface area contributed by atoms with E-state index in [0.29, 0.717) is 26.4 Å². The molecule has 0 spiro atoms. The number of morpholine rings is 1. The molecular weight excluding hydrogens is 318 g/mol. The Morgan fingerprint density at radius 3 is 2.28 bits per heavy atom. The van der Waals surface area contributed by atoms with Crippen molar-refractivity contribution in [3.63, 3.8) is 0 Å². The number of carbonyl (C=O) groups is 1. The molecular formula is C20H23NO4. The summed E-state index contributed by atoms with van der Waals surface area (Å²) in [6, 6.07) is 19.2. The lowest BCUT2D eigenvalue weighted by molar-refractivity contribution is -0.164. The van der Waals surface area contributed by atoms with Gasteiger partial charge in [-0.15, -0.1) is 0 Å². The fourth-order valence-electron chi connectivity index (χ4n) is 2.70. The molecule has 5 heteroatoms. The van der Waals surface area contributed by atoms with E-state index in [1.807, 2.05) is 60.7 Å². The number of carbonyl (C=O) groups excluding carboxylic acids is 1. The molecule has 2 aromatic carbocycles. The van der Waals surface area contributed by atoms with E-state index in [1.54, 1.807) is 0 Å². The Balaban J connectivity index is 1.61. The van der Waals surface area contributed by atoms with Gasteiger partial charge in [0.25, 0.3) is 0 Å². The Hall–Kier alpha value is -2.21. The highest BCUT2D eigenvalue weighted by Gasteiger charge is 2.32. The SMILES string of the molecule is O=C(OCc1ccccc1)C(OCc1ccccc1)C1COCCN1. The number of ether oxygens (including phenoxy) is 3. The average Bonchev–Trinajstić information content (AvgIpc) is 2.69. The van der Waals surface area contributed by atoms with Gasteiger partial charge in [0.05, 0.1) is 25.9 Å². The number of nitrogens with one attached hydrogen (secondary N) is 1. The minimum Gasteiger partial charge on any atom is -0.459 e. The largest absolute Gasteiger partial charge is 0.459 e. The summed E-state index contributed by atoms with van der Waals surface area (Å²) >= 11 is 0. The third kappa shape index (κ3) is 5.39. The molecule has 0 saturated carbocycles. The van der Waals surface area contributed by atoms with E-state index in [1.165, 1.54) is 0 Å². The first-order chi connectivity index (χ1) is 12.3. The van der Waals surface area contributed by atoms with Crippen LogP contribution in [-0.2, 0) is 32.2 Å². The van der Waals surface area contributed by atoms with Gasteiger partial charge in [-0.25, -0.2) is 4.79 Å². The van der Waals surface area contributed by atoms with E-state index in [2.05, 4.69) is 5.32 Å². The molecule has 2 unspecified atom stereocenters. The summed E-state index contributed by atoms with van der Waals surface area (Å²) in [4.78, 5) is 12.6. The lowest BCUT2D eigenvalue weighted by Crippen LogP contribution is -2.53. The highest BCUT2D eigenvalue weighted by Crippen LogP contribution is 2.12. The Labute approximate surface area is 147 Å². The fraction of sp³-hybridized carbons (Fsp3) is 0.350. The molecule has 2 atom stereocenters. The smallest absolute Gasteiger partial charge is 0.337 e. The van der Waals surface area contributed by atoms with Crippen molar-refractivity contribution in [2.24, 2.45) is 0 Å². The van der Waals surface area contributed by atoms with Gasteiger partial charge in [0.2, 0.25) is 0 Å². The molecule has 1 fully saturated rings. The number of benzene rings is 2. The number of hydrogen-bond acceptors (Lipinski definition) is 5. The Bertz CT molecular complexity index is 641. The predicted octanol–water partition coefficient (Wildman–Crippen LogP) is 2.30. The van der Waals surface area contributed by atoms with Crippen molar-refractivity contribution >= 4 is 5.97 Å². The fourth-order valence-corrected chi connectivity index (χ4v) is 2.70. The minimum absolute atomic E-state index is 0.208. The molecule has 1 heterocycles. The molecule has 0 radical (unpaired) electrons. The molecule has 3 rings (SSSR count). The zero-order valence-electron chi connectivity index (χ0n) is 14.1. The molecule has 5 nitrogen and oxygen atoms in total. The molecule has 0 aromatic heterocycles. The van der Waals surface area contributed by atoms with Crippen molar-refractivity contribution in [2.45, 2.75) is 25.4 Å². The summed E-state index contributed by atoms with van der Waals surface area (Å²) in [6.45, 7) is 2.35. The maximum absolute atomic E-state index is 12.6. The highest BCUT2D eigenvalue weighted by molar-refractivity contribution is 5.75. The Morgan fingerprint density at radius 1 is 1.04 bits per heavy atom. The summed E-state index contributed by atoms with van der Waals surface area (Å²) in [5.74, 6) is -0.372. The third-order valence-corrected chi connectivity index (χ3v) is 4.04. The number of rotatable bonds is 7. The predicted molar refractivity (Wildman–Crippen MR) is 93.9 cm³/mol. The van der Waals surface area contributed by atoms with E-state index in [-0.39, 0.29) is 18.6 Å². The van der Waals surface area contributed by atoms with E-state index in [0.717, 1.165) is 11.1 Å². The van der Waals surface area contributed by atoms with Crippen LogP contribution in [0, 0.1) is 0 Å². The van der Waals surface area contributed by atoms with Crippen molar-refractivity contribution in [2.75, 3.05) is 19.8 Å². The molecule has 0 aliphatic carbocycles. The van der Waals surface area contributed by atoms with Gasteiger partial charge >= 0.3 is 5.97 Å². The molecule has 25 heavy (non-hydrogen) atoms. The maximum Gasteiger partial charge on any atom is 0.337 e. The average molecular weight is 341 g/mol. The van der Waals surface area contributed by atoms with Gasteiger partial charge in [0, 0.05) is 6.54 Å². The summed E-state index contributed by atoms with van der Waals surface area (Å²) in [5.41, 5.74) is 1.96. The molecule has 0 amide bonds. The first-order valence-corrected chi connectivity index (χ1v) is 8.50. The lowest BCUT2D eigenvalue weighted by atomic mass is 10.1. The van der Waals surface area contributed by atoms with Crippen LogP contribution in [0.25, 0.3) is 0 Å². The van der Waals surface area contributed by atoms with Crippen LogP contribution in [0.1, 0.15) is 11.1 Å². The zero-order valence-corrected chi connectivity index (χ0v) is 14.1. The van der Waals surface area contributed by atoms with Crippen molar-refractivity contribution in [1.29, 1.82) is 0 Å². The number of hydrogen-bond donors (Lipinski definition) is 1. The Morgan fingerprint density at radius 2 is 1.68 bits per heavy atom. The second-order valence-corrected chi connectivity index (χ2v) is 5.95. The van der Waals surface area contributed by atoms with Gasteiger partial charge in [-0.05, 0) is 11.1 Å². The first-order valence-electron chi connectivity index (χ1n) is 8.50. The van der Waals surface area contributed by atoms with E-state index < -0.39 is 6.10 Å². The minimum atomic E-state index is -0.704. The van der Waals surface area contributed by atoms with Crippen LogP contribution in [0.15, 0.2) is 60.7 Å². The third-order valence-electron chi connectivity index (χ3n) is 4.04. The molecule has 2 aromatic rings. The van der Waals surface area contributed by atoms with Crippen LogP contribution in [0.5, 0.6) is 0 Å². The van der Waals surface area contributed by atoms with Crippen LogP contribution in [0.4, 0.5) is 0 Å². The van der Waals surface area contributed by atoms with Crippen molar-refractivity contribution in [1.82, 2.24) is 5.32 Å². The van der Waals surface area contributed by atoms with Crippen LogP contribution in [-0.4, -0.2) is 37.9 Å². The summed E-state index contributed by atoms with van der Waals surface area (Å²) in [7, 11) is 0. The Kier molecular flexibility index (Phi) is 6.56. The topological polar surface area (TPSA) is 56.8 Å². The van der Waals surface area contributed by atoms with Crippen molar-refractivity contribution < 1.29 is 19.0 Å². The van der Waals surface area contributed by atoms with Gasteiger partial charge < -0.3 is 19.5 Å². The second-order valence-electron chi connectivity index (χ2n) is 5.95. The van der Waals surface area contributed by atoms with Gasteiger partial charge in [-0.2, -0.15) is 0 Å². The van der Waals surface area contributed by atoms with Gasteiger partial charge in [0.1, 0.15) is 6.61 Å². The second kappa shape index (κ2) is 9.32. The van der Waals surface area contributed by atoms with E-state index in [9.17, 15) is 4.79 Å². The van der Waals surface area contributed by atoms with Crippen LogP contribution in [0.2, 0.25) is 0 Å². The highest BCUT2D eigenvalue weighted by atomic mass is 16.6. The normalized spacial score (nSPS) is 18.5. The first kappa shape index (κ1) is 17.6. The molecule has 132 valence electrons. The van der Waals surface area contributed by atoms with E-state index >= 15 is 0 Å². The van der Waals surface area contributed by atoms with Gasteiger partial charge in [-0.1, -0.05) is 60.7 Å². The number of esters is 1. The van der Waals surface area contributed by atoms with Crippen molar-refractivity contribution in [3.8, 4) is 0 Å². The van der Waals surface area contributed by atoms with Crippen LogP contribution < -0.4 is 5.32 Å². The van der Waals surface area contributed by atoms with E-state index in [4.69, 9.17) is 14.2 Å². The van der Waals surface area contributed by atoms with Gasteiger partial charge in [-0.3, -0.25) is 0 Å². The van der Waals surface area contributed by atoms with Gasteiger partial charge in [0.15, 0.2) is 6.10 Å². The quantitative estimate of drug-likeness (QED) is 0.783. The summed E-state index contributed by atoms with van der Waals surface area (Å²) in [5, 5.41) is 3.28. The maximum atomic E-state index is 12.6. The monoisotopic (exact) mass is 341 g/mol. The lowest BCUT2D eigenvalue weighted by Gasteiger charge is -2.30. The summed E-state index contributed by atoms with van der Waals surface area (Å²) < 4.78 is 16.9. The molecule has 1 N–H and O–H groups in total. The van der Waals surface area contributed by atoms with Crippen molar-refractivity contribution in [3.05, 3.63) is 71.8 Å². The molecule has 0 bridgehead atoms. The molecule has 1 aliphatic rings. The zero-order chi connectivity index (χ0) is 17.3. The van der Waals surface area contributed by atoms with Crippen LogP contribution >= 0.6 is 0 Å². The van der Waals surface area contributed by atoms with Crippen LogP contribution in [0.3, 0.4) is 0 Å². The molecule has 1 aliphatic heterocycles. The molecule has 1 saturated heterocycles.